The van der Waals surface area contributed by atoms with Crippen molar-refractivity contribution in [3.05, 3.63) is 71.3 Å². The van der Waals surface area contributed by atoms with Crippen LogP contribution < -0.4 is 10.1 Å². The first kappa shape index (κ1) is 19.2. The van der Waals surface area contributed by atoms with Crippen LogP contribution in [0, 0.1) is 6.92 Å². The third-order valence-electron chi connectivity index (χ3n) is 3.94. The van der Waals surface area contributed by atoms with Crippen LogP contribution in [0.25, 0.3) is 6.08 Å². The highest BCUT2D eigenvalue weighted by Gasteiger charge is 2.18. The molecule has 136 valence electrons. The monoisotopic (exact) mass is 353 g/mol. The van der Waals surface area contributed by atoms with E-state index < -0.39 is 12.0 Å². The molecule has 5 heteroatoms. The van der Waals surface area contributed by atoms with Gasteiger partial charge in [0.2, 0.25) is 5.91 Å². The Kier molecular flexibility index (Phi) is 6.97. The van der Waals surface area contributed by atoms with Gasteiger partial charge >= 0.3 is 5.97 Å². The van der Waals surface area contributed by atoms with Crippen LogP contribution in [0.3, 0.4) is 0 Å². The number of amides is 1. The summed E-state index contributed by atoms with van der Waals surface area (Å²) in [6.45, 7) is 2.01. The predicted molar refractivity (Wildman–Crippen MR) is 101 cm³/mol. The first-order chi connectivity index (χ1) is 12.5. The average molecular weight is 353 g/mol. The predicted octanol–water partition coefficient (Wildman–Crippen LogP) is 3.44. The lowest BCUT2D eigenvalue weighted by Crippen LogP contribution is -2.29. The number of esters is 1. The van der Waals surface area contributed by atoms with Crippen molar-refractivity contribution in [2.45, 2.75) is 19.4 Å². The van der Waals surface area contributed by atoms with Gasteiger partial charge in [0.15, 0.2) is 0 Å². The van der Waals surface area contributed by atoms with E-state index in [4.69, 9.17) is 9.47 Å². The number of hydrogen-bond acceptors (Lipinski definition) is 4. The van der Waals surface area contributed by atoms with E-state index in [0.717, 1.165) is 16.7 Å². The lowest BCUT2D eigenvalue weighted by molar-refractivity contribution is -0.141. The molecule has 0 aromatic heterocycles. The number of aryl methyl sites for hydroxylation is 1. The summed E-state index contributed by atoms with van der Waals surface area (Å²) >= 11 is 0. The van der Waals surface area contributed by atoms with E-state index in [1.165, 1.54) is 13.2 Å². The van der Waals surface area contributed by atoms with E-state index in [1.54, 1.807) is 25.3 Å². The Morgan fingerprint density at radius 2 is 1.69 bits per heavy atom. The molecule has 0 heterocycles. The Balaban J connectivity index is 2.10. The molecule has 0 aliphatic rings. The molecule has 0 fully saturated rings. The summed E-state index contributed by atoms with van der Waals surface area (Å²) in [6, 6.07) is 14.6. The van der Waals surface area contributed by atoms with Gasteiger partial charge < -0.3 is 14.8 Å². The third kappa shape index (κ3) is 5.77. The first-order valence-electron chi connectivity index (χ1n) is 8.28. The van der Waals surface area contributed by atoms with Crippen molar-refractivity contribution in [2.75, 3.05) is 14.2 Å². The van der Waals surface area contributed by atoms with Crippen molar-refractivity contribution in [1.82, 2.24) is 5.32 Å². The van der Waals surface area contributed by atoms with E-state index >= 15 is 0 Å². The van der Waals surface area contributed by atoms with Crippen LogP contribution in [-0.2, 0) is 14.3 Å². The van der Waals surface area contributed by atoms with Crippen LogP contribution in [0.15, 0.2) is 54.6 Å². The van der Waals surface area contributed by atoms with Gasteiger partial charge in [0.25, 0.3) is 0 Å². The fraction of sp³-hybridized carbons (Fsp3) is 0.238. The molecule has 1 atom stereocenters. The van der Waals surface area contributed by atoms with Gasteiger partial charge in [-0.15, -0.1) is 0 Å². The largest absolute Gasteiger partial charge is 0.497 e. The molecule has 26 heavy (non-hydrogen) atoms. The van der Waals surface area contributed by atoms with Crippen LogP contribution in [0.1, 0.15) is 29.2 Å². The quantitative estimate of drug-likeness (QED) is 0.612. The fourth-order valence-corrected chi connectivity index (χ4v) is 2.41. The molecule has 2 aromatic rings. The Morgan fingerprint density at radius 3 is 2.27 bits per heavy atom. The smallest absolute Gasteiger partial charge is 0.307 e. The Labute approximate surface area is 153 Å². The molecule has 0 bridgehead atoms. The zero-order valence-electron chi connectivity index (χ0n) is 15.2. The van der Waals surface area contributed by atoms with Crippen LogP contribution in [-0.4, -0.2) is 26.1 Å². The summed E-state index contributed by atoms with van der Waals surface area (Å²) in [5, 5.41) is 2.85. The van der Waals surface area contributed by atoms with Crippen molar-refractivity contribution in [1.29, 1.82) is 0 Å². The molecule has 0 aliphatic heterocycles. The lowest BCUT2D eigenvalue weighted by atomic mass is 10.0. The van der Waals surface area contributed by atoms with Crippen LogP contribution in [0.2, 0.25) is 0 Å². The summed E-state index contributed by atoms with van der Waals surface area (Å²) in [5.41, 5.74) is 2.89. The summed E-state index contributed by atoms with van der Waals surface area (Å²) in [4.78, 5) is 24.0. The van der Waals surface area contributed by atoms with Gasteiger partial charge in [-0.3, -0.25) is 9.59 Å². The van der Waals surface area contributed by atoms with Crippen LogP contribution in [0.4, 0.5) is 0 Å². The number of carbonyl (C=O) groups excluding carboxylic acids is 2. The third-order valence-corrected chi connectivity index (χ3v) is 3.94. The highest BCUT2D eigenvalue weighted by molar-refractivity contribution is 5.92. The van der Waals surface area contributed by atoms with E-state index in [-0.39, 0.29) is 12.3 Å². The summed E-state index contributed by atoms with van der Waals surface area (Å²) in [5.74, 6) is 0.0279. The molecule has 5 nitrogen and oxygen atoms in total. The summed E-state index contributed by atoms with van der Waals surface area (Å²) < 4.78 is 9.87. The van der Waals surface area contributed by atoms with Crippen molar-refractivity contribution in [2.24, 2.45) is 0 Å². The molecule has 1 N–H and O–H groups in total. The second-order valence-corrected chi connectivity index (χ2v) is 5.86. The molecule has 2 rings (SSSR count). The van der Waals surface area contributed by atoms with Crippen LogP contribution in [0.5, 0.6) is 5.75 Å². The van der Waals surface area contributed by atoms with Gasteiger partial charge in [-0.2, -0.15) is 0 Å². The topological polar surface area (TPSA) is 64.6 Å². The van der Waals surface area contributed by atoms with Crippen molar-refractivity contribution in [3.8, 4) is 5.75 Å². The molecule has 0 spiro atoms. The van der Waals surface area contributed by atoms with Crippen molar-refractivity contribution < 1.29 is 19.1 Å². The minimum absolute atomic E-state index is 0.0486. The van der Waals surface area contributed by atoms with E-state index in [9.17, 15) is 9.59 Å². The normalized spacial score (nSPS) is 11.8. The molecule has 2 aromatic carbocycles. The molecular weight excluding hydrogens is 330 g/mol. The average Bonchev–Trinajstić information content (AvgIpc) is 2.67. The van der Waals surface area contributed by atoms with Gasteiger partial charge in [0.05, 0.1) is 26.7 Å². The number of carbonyl (C=O) groups is 2. The SMILES string of the molecule is COC(=O)CC(NC(=O)/C=C/c1ccc(C)cc1)c1ccc(OC)cc1. The minimum Gasteiger partial charge on any atom is -0.497 e. The molecule has 0 aliphatic carbocycles. The zero-order chi connectivity index (χ0) is 18.9. The number of methoxy groups -OCH3 is 2. The summed E-state index contributed by atoms with van der Waals surface area (Å²) in [6.07, 6.45) is 3.24. The van der Waals surface area contributed by atoms with E-state index in [1.807, 2.05) is 43.3 Å². The maximum Gasteiger partial charge on any atom is 0.307 e. The highest BCUT2D eigenvalue weighted by Crippen LogP contribution is 2.21. The molecule has 0 saturated heterocycles. The molecular formula is C21H23NO4. The van der Waals surface area contributed by atoms with Crippen molar-refractivity contribution in [3.63, 3.8) is 0 Å². The second-order valence-electron chi connectivity index (χ2n) is 5.86. The summed E-state index contributed by atoms with van der Waals surface area (Å²) in [7, 11) is 2.91. The number of hydrogen-bond donors (Lipinski definition) is 1. The molecule has 1 amide bonds. The first-order valence-corrected chi connectivity index (χ1v) is 8.28. The fourth-order valence-electron chi connectivity index (χ4n) is 2.41. The van der Waals surface area contributed by atoms with Crippen molar-refractivity contribution >= 4 is 18.0 Å². The van der Waals surface area contributed by atoms with Crippen LogP contribution >= 0.6 is 0 Å². The highest BCUT2D eigenvalue weighted by atomic mass is 16.5. The van der Waals surface area contributed by atoms with Gasteiger partial charge in [0, 0.05) is 6.08 Å². The Morgan fingerprint density at radius 1 is 1.04 bits per heavy atom. The number of benzene rings is 2. The molecule has 0 radical (unpaired) electrons. The number of nitrogens with one attached hydrogen (secondary N) is 1. The standard InChI is InChI=1S/C21H23NO4/c1-15-4-6-16(7-5-15)8-13-20(23)22-19(14-21(24)26-3)17-9-11-18(25-2)12-10-17/h4-13,19H,14H2,1-3H3,(H,22,23)/b13-8+. The maximum atomic E-state index is 12.3. The van der Waals surface area contributed by atoms with Gasteiger partial charge in [0.1, 0.15) is 5.75 Å². The van der Waals surface area contributed by atoms with Gasteiger partial charge in [-0.05, 0) is 36.3 Å². The Bertz CT molecular complexity index is 764. The minimum atomic E-state index is -0.483. The molecule has 0 saturated carbocycles. The van der Waals surface area contributed by atoms with E-state index in [0.29, 0.717) is 5.75 Å². The van der Waals surface area contributed by atoms with Gasteiger partial charge in [-0.25, -0.2) is 0 Å². The molecule has 1 unspecified atom stereocenters. The maximum absolute atomic E-state index is 12.3. The number of ether oxygens (including phenoxy) is 2. The zero-order valence-corrected chi connectivity index (χ0v) is 15.2. The second kappa shape index (κ2) is 9.42. The lowest BCUT2D eigenvalue weighted by Gasteiger charge is -2.17. The number of rotatable bonds is 7. The Hall–Kier alpha value is -3.08. The van der Waals surface area contributed by atoms with Gasteiger partial charge in [-0.1, -0.05) is 42.0 Å². The van der Waals surface area contributed by atoms with E-state index in [2.05, 4.69) is 5.32 Å².